The van der Waals surface area contributed by atoms with Gasteiger partial charge in [0, 0.05) is 55.1 Å². The fourth-order valence-corrected chi connectivity index (χ4v) is 5.20. The smallest absolute Gasteiger partial charge is 0.244 e. The number of rotatable bonds is 3. The van der Waals surface area contributed by atoms with E-state index in [1.807, 2.05) is 31.4 Å². The van der Waals surface area contributed by atoms with Gasteiger partial charge >= 0.3 is 0 Å². The topological polar surface area (TPSA) is 127 Å². The average Bonchev–Trinajstić information content (AvgIpc) is 3.42. The third kappa shape index (κ3) is 3.48. The number of carbonyl (C=O) groups is 1. The zero-order chi connectivity index (χ0) is 23.4. The van der Waals surface area contributed by atoms with Crippen LogP contribution in [0.1, 0.15) is 17.0 Å². The maximum atomic E-state index is 12.2. The number of aromatic nitrogens is 5. The maximum Gasteiger partial charge on any atom is 0.244 e. The van der Waals surface area contributed by atoms with Crippen molar-refractivity contribution in [3.63, 3.8) is 0 Å². The van der Waals surface area contributed by atoms with E-state index >= 15 is 0 Å². The van der Waals surface area contributed by atoms with Crippen LogP contribution in [0.15, 0.2) is 30.6 Å². The molecule has 0 radical (unpaired) electrons. The molecule has 11 heteroatoms. The minimum Gasteiger partial charge on any atom is -0.383 e. The molecule has 0 saturated carbocycles. The number of hydrogen-bond acceptors (Lipinski definition) is 9. The number of fused-ring (bicyclic) bond motifs is 3. The molecule has 4 aromatic heterocycles. The summed E-state index contributed by atoms with van der Waals surface area (Å²) in [5.41, 5.74) is 12.3. The SMILES string of the molecule is Cc1c(-c2cc3cc(Nc4cc5n(n4)CC(=O)N(C)CC5)ncc3c(N)n2)cnc2c1NSC2. The van der Waals surface area contributed by atoms with Gasteiger partial charge in [0.25, 0.3) is 0 Å². The molecular formula is C23H23N9OS. The Balaban J connectivity index is 1.34. The fourth-order valence-electron chi connectivity index (χ4n) is 4.36. The number of nitrogen functional groups attached to an aromatic ring is 1. The first-order valence-corrected chi connectivity index (χ1v) is 12.0. The third-order valence-corrected chi connectivity index (χ3v) is 7.12. The lowest BCUT2D eigenvalue weighted by Crippen LogP contribution is -2.29. The van der Waals surface area contributed by atoms with E-state index in [0.29, 0.717) is 24.0 Å². The van der Waals surface area contributed by atoms with Gasteiger partial charge in [0.15, 0.2) is 5.82 Å². The van der Waals surface area contributed by atoms with Gasteiger partial charge < -0.3 is 20.7 Å². The van der Waals surface area contributed by atoms with Crippen LogP contribution in [0.2, 0.25) is 0 Å². The summed E-state index contributed by atoms with van der Waals surface area (Å²) in [4.78, 5) is 27.6. The van der Waals surface area contributed by atoms with Crippen molar-refractivity contribution in [1.29, 1.82) is 0 Å². The van der Waals surface area contributed by atoms with E-state index in [1.165, 1.54) is 0 Å². The Morgan fingerprint density at radius 2 is 2.06 bits per heavy atom. The summed E-state index contributed by atoms with van der Waals surface area (Å²) in [6, 6.07) is 5.91. The van der Waals surface area contributed by atoms with Gasteiger partial charge in [-0.2, -0.15) is 5.10 Å². The van der Waals surface area contributed by atoms with Crippen molar-refractivity contribution >= 4 is 51.8 Å². The number of carbonyl (C=O) groups excluding carboxylic acids is 1. The molecule has 0 aromatic carbocycles. The second-order valence-electron chi connectivity index (χ2n) is 8.56. The van der Waals surface area contributed by atoms with Gasteiger partial charge in [-0.1, -0.05) is 0 Å². The van der Waals surface area contributed by atoms with Crippen LogP contribution >= 0.6 is 11.9 Å². The molecule has 1 amide bonds. The molecule has 6 rings (SSSR count). The summed E-state index contributed by atoms with van der Waals surface area (Å²) in [6.45, 7) is 2.99. The lowest BCUT2D eigenvalue weighted by atomic mass is 10.0. The molecule has 172 valence electrons. The van der Waals surface area contributed by atoms with Crippen molar-refractivity contribution in [2.75, 3.05) is 29.4 Å². The Morgan fingerprint density at radius 3 is 2.94 bits per heavy atom. The zero-order valence-electron chi connectivity index (χ0n) is 18.8. The van der Waals surface area contributed by atoms with Crippen molar-refractivity contribution in [2.45, 2.75) is 25.6 Å². The van der Waals surface area contributed by atoms with E-state index < -0.39 is 0 Å². The molecule has 0 unspecified atom stereocenters. The first-order valence-electron chi connectivity index (χ1n) is 11.0. The van der Waals surface area contributed by atoms with Crippen LogP contribution in [0.5, 0.6) is 0 Å². The monoisotopic (exact) mass is 473 g/mol. The van der Waals surface area contributed by atoms with Crippen molar-refractivity contribution in [1.82, 2.24) is 29.6 Å². The zero-order valence-corrected chi connectivity index (χ0v) is 19.6. The number of nitrogens with zero attached hydrogens (tertiary/aromatic N) is 6. The van der Waals surface area contributed by atoms with Crippen LogP contribution in [-0.4, -0.2) is 49.1 Å². The number of nitrogens with two attached hydrogens (primary N) is 1. The average molecular weight is 474 g/mol. The molecule has 0 aliphatic carbocycles. The number of pyridine rings is 3. The van der Waals surface area contributed by atoms with Crippen LogP contribution in [0.25, 0.3) is 22.0 Å². The largest absolute Gasteiger partial charge is 0.383 e. The summed E-state index contributed by atoms with van der Waals surface area (Å²) in [7, 11) is 1.82. The van der Waals surface area contributed by atoms with Crippen molar-refractivity contribution in [2.24, 2.45) is 0 Å². The van der Waals surface area contributed by atoms with Crippen molar-refractivity contribution in [3.8, 4) is 11.3 Å². The molecule has 0 saturated heterocycles. The van der Waals surface area contributed by atoms with Gasteiger partial charge in [-0.3, -0.25) is 14.5 Å². The van der Waals surface area contributed by atoms with Crippen LogP contribution in [-0.2, 0) is 23.5 Å². The van der Waals surface area contributed by atoms with Gasteiger partial charge in [0.05, 0.1) is 22.8 Å². The minimum absolute atomic E-state index is 0.0536. The van der Waals surface area contributed by atoms with Crippen LogP contribution < -0.4 is 15.8 Å². The molecule has 4 aromatic rings. The van der Waals surface area contributed by atoms with E-state index in [-0.39, 0.29) is 12.5 Å². The quantitative estimate of drug-likeness (QED) is 0.385. The normalized spacial score (nSPS) is 15.1. The Bertz CT molecular complexity index is 1460. The number of hydrogen-bond donors (Lipinski definition) is 3. The van der Waals surface area contributed by atoms with Crippen molar-refractivity contribution < 1.29 is 4.79 Å². The Morgan fingerprint density at radius 1 is 1.18 bits per heavy atom. The molecule has 4 N–H and O–H groups in total. The van der Waals surface area contributed by atoms with E-state index in [0.717, 1.165) is 56.8 Å². The Labute approximate surface area is 200 Å². The fraction of sp³-hybridized carbons (Fsp3) is 0.261. The van der Waals surface area contributed by atoms with Crippen molar-refractivity contribution in [3.05, 3.63) is 47.5 Å². The summed E-state index contributed by atoms with van der Waals surface area (Å²) < 4.78 is 5.09. The van der Waals surface area contributed by atoms with Gasteiger partial charge in [0.2, 0.25) is 5.91 Å². The second-order valence-corrected chi connectivity index (χ2v) is 9.34. The number of likely N-dealkylation sites (N-methyl/N-ethyl adjacent to an activating group) is 1. The van der Waals surface area contributed by atoms with Crippen LogP contribution in [0, 0.1) is 6.92 Å². The molecule has 0 bridgehead atoms. The highest BCUT2D eigenvalue weighted by molar-refractivity contribution is 8.00. The number of anilines is 4. The van der Waals surface area contributed by atoms with E-state index in [2.05, 4.69) is 37.0 Å². The van der Waals surface area contributed by atoms with E-state index in [4.69, 9.17) is 5.73 Å². The Kier molecular flexibility index (Phi) is 4.80. The first-order chi connectivity index (χ1) is 16.5. The molecule has 0 spiro atoms. The maximum absolute atomic E-state index is 12.2. The Hall–Kier alpha value is -3.86. The highest BCUT2D eigenvalue weighted by atomic mass is 32.2. The summed E-state index contributed by atoms with van der Waals surface area (Å²) in [5, 5.41) is 9.53. The molecule has 10 nitrogen and oxygen atoms in total. The van der Waals surface area contributed by atoms with E-state index in [9.17, 15) is 4.79 Å². The predicted molar refractivity (Wildman–Crippen MR) is 134 cm³/mol. The third-order valence-electron chi connectivity index (χ3n) is 6.35. The summed E-state index contributed by atoms with van der Waals surface area (Å²) >= 11 is 1.64. The lowest BCUT2D eigenvalue weighted by Gasteiger charge is -2.12. The summed E-state index contributed by atoms with van der Waals surface area (Å²) in [5.74, 6) is 2.63. The van der Waals surface area contributed by atoms with E-state index in [1.54, 1.807) is 27.7 Å². The number of amides is 1. The van der Waals surface area contributed by atoms with Gasteiger partial charge in [-0.05, 0) is 42.0 Å². The lowest BCUT2D eigenvalue weighted by molar-refractivity contribution is -0.130. The molecule has 2 aliphatic heterocycles. The van der Waals surface area contributed by atoms with Crippen LogP contribution in [0.4, 0.5) is 23.1 Å². The first kappa shape index (κ1) is 20.7. The van der Waals surface area contributed by atoms with Gasteiger partial charge in [0.1, 0.15) is 18.2 Å². The minimum atomic E-state index is 0.0536. The standard InChI is InChI=1S/C23H23N9OS/c1-12-15(8-25-18-11-34-30-22(12)18)17-5-13-6-19(26-9-16(13)23(24)27-17)28-20-7-14-3-4-31(2)21(33)10-32(14)29-20/h5-9,30H,3-4,10-11H2,1-2H3,(H2,24,27)(H,26,28,29). The molecule has 0 atom stereocenters. The molecule has 34 heavy (non-hydrogen) atoms. The van der Waals surface area contributed by atoms with Crippen LogP contribution in [0.3, 0.4) is 0 Å². The molecule has 2 aliphatic rings. The highest BCUT2D eigenvalue weighted by Crippen LogP contribution is 2.37. The molecule has 6 heterocycles. The second kappa shape index (κ2) is 7.87. The summed E-state index contributed by atoms with van der Waals surface area (Å²) in [6.07, 6.45) is 4.34. The van der Waals surface area contributed by atoms with Gasteiger partial charge in [-0.25, -0.2) is 9.97 Å². The predicted octanol–water partition coefficient (Wildman–Crippen LogP) is 3.11. The molecule has 0 fully saturated rings. The van der Waals surface area contributed by atoms with Gasteiger partial charge in [-0.15, -0.1) is 0 Å². The highest BCUT2D eigenvalue weighted by Gasteiger charge is 2.21. The molecular weight excluding hydrogens is 450 g/mol. The number of nitrogens with one attached hydrogen (secondary N) is 2.